The third-order valence-corrected chi connectivity index (χ3v) is 2.73. The van der Waals surface area contributed by atoms with E-state index in [1.807, 2.05) is 24.3 Å². The molecule has 0 fully saturated rings. The standard InChI is InChI=1S/C11H16O2S/c1-8(2)14-10-5-3-9(4-6-10)7-11(12)13/h3-6,8,11-13H,7H2,1-2H3. The zero-order valence-electron chi connectivity index (χ0n) is 8.47. The van der Waals surface area contributed by atoms with E-state index in [9.17, 15) is 0 Å². The quantitative estimate of drug-likeness (QED) is 0.592. The van der Waals surface area contributed by atoms with Gasteiger partial charge >= 0.3 is 0 Å². The van der Waals surface area contributed by atoms with Gasteiger partial charge in [0.1, 0.15) is 0 Å². The summed E-state index contributed by atoms with van der Waals surface area (Å²) in [6.07, 6.45) is -0.953. The average Bonchev–Trinajstić information content (AvgIpc) is 2.06. The summed E-state index contributed by atoms with van der Waals surface area (Å²) in [7, 11) is 0. The lowest BCUT2D eigenvalue weighted by Crippen LogP contribution is -2.07. The maximum atomic E-state index is 8.77. The van der Waals surface area contributed by atoms with Crippen LogP contribution in [0.2, 0.25) is 0 Å². The van der Waals surface area contributed by atoms with Gasteiger partial charge in [-0.2, -0.15) is 0 Å². The Hall–Kier alpha value is -0.510. The number of aliphatic hydroxyl groups is 2. The Balaban J connectivity index is 2.59. The lowest BCUT2D eigenvalue weighted by molar-refractivity contribution is -0.0381. The number of aliphatic hydroxyl groups excluding tert-OH is 1. The summed E-state index contributed by atoms with van der Waals surface area (Å²) < 4.78 is 0. The van der Waals surface area contributed by atoms with E-state index in [1.165, 1.54) is 4.90 Å². The molecule has 1 aromatic rings. The molecule has 0 bridgehead atoms. The fourth-order valence-corrected chi connectivity index (χ4v) is 2.02. The smallest absolute Gasteiger partial charge is 0.155 e. The first kappa shape index (κ1) is 11.6. The summed E-state index contributed by atoms with van der Waals surface area (Å²) in [5.74, 6) is 0. The van der Waals surface area contributed by atoms with Gasteiger partial charge in [0.25, 0.3) is 0 Å². The van der Waals surface area contributed by atoms with Gasteiger partial charge in [-0.15, -0.1) is 11.8 Å². The second-order valence-electron chi connectivity index (χ2n) is 3.50. The molecule has 3 heteroatoms. The summed E-state index contributed by atoms with van der Waals surface area (Å²) in [4.78, 5) is 1.22. The van der Waals surface area contributed by atoms with Crippen molar-refractivity contribution < 1.29 is 10.2 Å². The molecule has 0 saturated carbocycles. The van der Waals surface area contributed by atoms with Crippen LogP contribution in [-0.4, -0.2) is 21.8 Å². The number of benzene rings is 1. The van der Waals surface area contributed by atoms with Gasteiger partial charge in [0, 0.05) is 16.6 Å². The first-order valence-corrected chi connectivity index (χ1v) is 5.57. The first-order valence-electron chi connectivity index (χ1n) is 4.69. The molecular formula is C11H16O2S. The Kier molecular flexibility index (Phi) is 4.45. The predicted molar refractivity (Wildman–Crippen MR) is 59.4 cm³/mol. The molecule has 0 unspecified atom stereocenters. The Morgan fingerprint density at radius 3 is 2.14 bits per heavy atom. The van der Waals surface area contributed by atoms with Crippen molar-refractivity contribution in [3.63, 3.8) is 0 Å². The summed E-state index contributed by atoms with van der Waals surface area (Å²) in [5, 5.41) is 18.1. The Morgan fingerprint density at radius 1 is 1.14 bits per heavy atom. The monoisotopic (exact) mass is 212 g/mol. The van der Waals surface area contributed by atoms with E-state index in [4.69, 9.17) is 10.2 Å². The van der Waals surface area contributed by atoms with Gasteiger partial charge in [-0.3, -0.25) is 0 Å². The Morgan fingerprint density at radius 2 is 1.71 bits per heavy atom. The van der Waals surface area contributed by atoms with E-state index >= 15 is 0 Å². The van der Waals surface area contributed by atoms with Crippen molar-refractivity contribution in [1.29, 1.82) is 0 Å². The molecule has 0 spiro atoms. The van der Waals surface area contributed by atoms with Crippen LogP contribution in [0.15, 0.2) is 29.2 Å². The van der Waals surface area contributed by atoms with Gasteiger partial charge in [0.15, 0.2) is 6.29 Å². The molecule has 2 N–H and O–H groups in total. The van der Waals surface area contributed by atoms with Crippen molar-refractivity contribution in [3.8, 4) is 0 Å². The summed E-state index contributed by atoms with van der Waals surface area (Å²) in [5.41, 5.74) is 0.952. The van der Waals surface area contributed by atoms with E-state index in [1.54, 1.807) is 11.8 Å². The Labute approximate surface area is 89.0 Å². The number of hydrogen-bond donors (Lipinski definition) is 2. The van der Waals surface area contributed by atoms with E-state index in [0.717, 1.165) is 5.56 Å². The third-order valence-electron chi connectivity index (χ3n) is 1.71. The van der Waals surface area contributed by atoms with Gasteiger partial charge in [0.05, 0.1) is 0 Å². The maximum absolute atomic E-state index is 8.77. The minimum Gasteiger partial charge on any atom is -0.368 e. The molecule has 78 valence electrons. The molecule has 0 amide bonds. The van der Waals surface area contributed by atoms with Crippen molar-refractivity contribution in [2.75, 3.05) is 0 Å². The lowest BCUT2D eigenvalue weighted by atomic mass is 10.1. The minimum atomic E-state index is -1.25. The van der Waals surface area contributed by atoms with E-state index in [-0.39, 0.29) is 0 Å². The van der Waals surface area contributed by atoms with Crippen LogP contribution in [-0.2, 0) is 6.42 Å². The SMILES string of the molecule is CC(C)Sc1ccc(CC(O)O)cc1. The van der Waals surface area contributed by atoms with Gasteiger partial charge in [-0.05, 0) is 17.7 Å². The fourth-order valence-electron chi connectivity index (χ4n) is 1.19. The molecule has 0 saturated heterocycles. The van der Waals surface area contributed by atoms with E-state index < -0.39 is 6.29 Å². The maximum Gasteiger partial charge on any atom is 0.155 e. The largest absolute Gasteiger partial charge is 0.368 e. The topological polar surface area (TPSA) is 40.5 Å². The summed E-state index contributed by atoms with van der Waals surface area (Å²) in [6, 6.07) is 7.90. The molecule has 1 aromatic carbocycles. The van der Waals surface area contributed by atoms with Gasteiger partial charge in [-0.25, -0.2) is 0 Å². The molecule has 0 heterocycles. The van der Waals surface area contributed by atoms with Crippen molar-refractivity contribution in [1.82, 2.24) is 0 Å². The minimum absolute atomic E-state index is 0.298. The first-order chi connectivity index (χ1) is 6.58. The van der Waals surface area contributed by atoms with Crippen molar-refractivity contribution in [2.24, 2.45) is 0 Å². The van der Waals surface area contributed by atoms with E-state index in [2.05, 4.69) is 13.8 Å². The second kappa shape index (κ2) is 5.39. The molecule has 1 rings (SSSR count). The summed E-state index contributed by atoms with van der Waals surface area (Å²) >= 11 is 1.80. The van der Waals surface area contributed by atoms with E-state index in [0.29, 0.717) is 11.7 Å². The van der Waals surface area contributed by atoms with Crippen LogP contribution in [0.25, 0.3) is 0 Å². The van der Waals surface area contributed by atoms with Crippen molar-refractivity contribution in [2.45, 2.75) is 36.7 Å². The Bertz CT molecular complexity index is 238. The molecule has 0 aromatic heterocycles. The second-order valence-corrected chi connectivity index (χ2v) is 5.15. The fraction of sp³-hybridized carbons (Fsp3) is 0.455. The van der Waals surface area contributed by atoms with Crippen LogP contribution in [0.1, 0.15) is 19.4 Å². The van der Waals surface area contributed by atoms with Crippen LogP contribution in [0.3, 0.4) is 0 Å². The van der Waals surface area contributed by atoms with Crippen LogP contribution in [0.4, 0.5) is 0 Å². The van der Waals surface area contributed by atoms with Crippen molar-refractivity contribution >= 4 is 11.8 Å². The van der Waals surface area contributed by atoms with Crippen LogP contribution in [0.5, 0.6) is 0 Å². The molecule has 2 nitrogen and oxygen atoms in total. The van der Waals surface area contributed by atoms with Gasteiger partial charge < -0.3 is 10.2 Å². The van der Waals surface area contributed by atoms with Crippen LogP contribution in [0, 0.1) is 0 Å². The molecule has 14 heavy (non-hydrogen) atoms. The van der Waals surface area contributed by atoms with Gasteiger partial charge in [-0.1, -0.05) is 26.0 Å². The van der Waals surface area contributed by atoms with Crippen LogP contribution < -0.4 is 0 Å². The lowest BCUT2D eigenvalue weighted by Gasteiger charge is -2.07. The number of thioether (sulfide) groups is 1. The highest BCUT2D eigenvalue weighted by molar-refractivity contribution is 7.99. The molecule has 0 aliphatic rings. The van der Waals surface area contributed by atoms with Crippen molar-refractivity contribution in [3.05, 3.63) is 29.8 Å². The molecule has 0 aliphatic carbocycles. The molecule has 0 aliphatic heterocycles. The summed E-state index contributed by atoms with van der Waals surface area (Å²) in [6.45, 7) is 4.30. The van der Waals surface area contributed by atoms with Gasteiger partial charge in [0.2, 0.25) is 0 Å². The molecule has 0 atom stereocenters. The average molecular weight is 212 g/mol. The third kappa shape index (κ3) is 4.13. The molecule has 0 radical (unpaired) electrons. The molecular weight excluding hydrogens is 196 g/mol. The van der Waals surface area contributed by atoms with Crippen LogP contribution >= 0.6 is 11.8 Å². The highest BCUT2D eigenvalue weighted by Gasteiger charge is 2.01. The number of rotatable bonds is 4. The predicted octanol–water partition coefficient (Wildman–Crippen LogP) is 2.04. The zero-order valence-corrected chi connectivity index (χ0v) is 9.29. The highest BCUT2D eigenvalue weighted by atomic mass is 32.2. The zero-order chi connectivity index (χ0) is 10.6. The number of hydrogen-bond acceptors (Lipinski definition) is 3. The normalized spacial score (nSPS) is 11.3. The highest BCUT2D eigenvalue weighted by Crippen LogP contribution is 2.22.